The molecular formula is C12H22N4O. The molecule has 17 heavy (non-hydrogen) atoms. The molecule has 5 heteroatoms. The topological polar surface area (TPSA) is 59.0 Å². The Balaban J connectivity index is 2.60. The molecule has 0 fully saturated rings. The molecule has 0 radical (unpaired) electrons. The Labute approximate surface area is 103 Å². The van der Waals surface area contributed by atoms with Crippen LogP contribution < -0.4 is 10.6 Å². The summed E-state index contributed by atoms with van der Waals surface area (Å²) in [4.78, 5) is 11.1. The molecule has 1 rings (SSSR count). The van der Waals surface area contributed by atoms with Crippen LogP contribution in [0, 0.1) is 13.8 Å². The number of aromatic nitrogens is 2. The summed E-state index contributed by atoms with van der Waals surface area (Å²) in [6.07, 6.45) is 1.37. The first kappa shape index (κ1) is 13.7. The van der Waals surface area contributed by atoms with E-state index in [-0.39, 0.29) is 5.91 Å². The van der Waals surface area contributed by atoms with Crippen LogP contribution in [-0.2, 0) is 17.9 Å². The fourth-order valence-electron chi connectivity index (χ4n) is 1.90. The highest BCUT2D eigenvalue weighted by atomic mass is 16.1. The number of carbonyl (C=O) groups is 1. The molecule has 0 saturated heterocycles. The van der Waals surface area contributed by atoms with Crippen molar-refractivity contribution in [2.24, 2.45) is 0 Å². The van der Waals surface area contributed by atoms with E-state index >= 15 is 0 Å². The number of nitrogens with one attached hydrogen (secondary N) is 2. The average molecular weight is 238 g/mol. The van der Waals surface area contributed by atoms with E-state index in [0.29, 0.717) is 6.42 Å². The Morgan fingerprint density at radius 2 is 2.06 bits per heavy atom. The number of nitrogens with zero attached hydrogens (tertiary/aromatic N) is 2. The molecule has 0 aromatic carbocycles. The molecular weight excluding hydrogens is 216 g/mol. The standard InChI is InChI=1S/C12H22N4O/c1-9-11(8-13-3)10(2)16(15-9)7-5-6-12(17)14-4/h13H,5-8H2,1-4H3,(H,14,17). The molecule has 0 spiro atoms. The molecule has 2 N–H and O–H groups in total. The molecule has 1 aromatic rings. The van der Waals surface area contributed by atoms with E-state index in [2.05, 4.69) is 22.7 Å². The van der Waals surface area contributed by atoms with E-state index in [1.807, 2.05) is 18.7 Å². The van der Waals surface area contributed by atoms with Crippen molar-refractivity contribution in [1.82, 2.24) is 20.4 Å². The summed E-state index contributed by atoms with van der Waals surface area (Å²) in [6.45, 7) is 5.73. The lowest BCUT2D eigenvalue weighted by atomic mass is 10.2. The first-order valence-electron chi connectivity index (χ1n) is 5.98. The smallest absolute Gasteiger partial charge is 0.219 e. The Morgan fingerprint density at radius 1 is 1.35 bits per heavy atom. The second-order valence-electron chi connectivity index (χ2n) is 4.18. The minimum absolute atomic E-state index is 0.0852. The Kier molecular flexibility index (Phi) is 5.15. The highest BCUT2D eigenvalue weighted by Gasteiger charge is 2.10. The fraction of sp³-hybridized carbons (Fsp3) is 0.667. The third-order valence-electron chi connectivity index (χ3n) is 2.94. The van der Waals surface area contributed by atoms with Gasteiger partial charge in [0, 0.05) is 37.8 Å². The average Bonchev–Trinajstić information content (AvgIpc) is 2.57. The van der Waals surface area contributed by atoms with Crippen molar-refractivity contribution in [3.8, 4) is 0 Å². The zero-order chi connectivity index (χ0) is 12.8. The largest absolute Gasteiger partial charge is 0.359 e. The zero-order valence-corrected chi connectivity index (χ0v) is 11.1. The van der Waals surface area contributed by atoms with E-state index in [9.17, 15) is 4.79 Å². The molecule has 5 nitrogen and oxygen atoms in total. The highest BCUT2D eigenvalue weighted by Crippen LogP contribution is 2.13. The fourth-order valence-corrected chi connectivity index (χ4v) is 1.90. The lowest BCUT2D eigenvalue weighted by Crippen LogP contribution is -2.18. The van der Waals surface area contributed by atoms with Crippen LogP contribution in [-0.4, -0.2) is 29.8 Å². The predicted molar refractivity (Wildman–Crippen MR) is 67.8 cm³/mol. The second-order valence-corrected chi connectivity index (χ2v) is 4.18. The number of hydrogen-bond acceptors (Lipinski definition) is 3. The normalized spacial score (nSPS) is 10.6. The van der Waals surface area contributed by atoms with Crippen molar-refractivity contribution < 1.29 is 4.79 Å². The summed E-state index contributed by atoms with van der Waals surface area (Å²) in [5.41, 5.74) is 3.51. The van der Waals surface area contributed by atoms with Crippen LogP contribution in [0.5, 0.6) is 0 Å². The molecule has 96 valence electrons. The molecule has 0 saturated carbocycles. The summed E-state index contributed by atoms with van der Waals surface area (Å²) in [7, 11) is 3.60. The SMILES string of the molecule is CNCc1c(C)nn(CCCC(=O)NC)c1C. The molecule has 1 aromatic heterocycles. The monoisotopic (exact) mass is 238 g/mol. The number of hydrogen-bond donors (Lipinski definition) is 2. The van der Waals surface area contributed by atoms with Gasteiger partial charge >= 0.3 is 0 Å². The molecule has 1 heterocycles. The van der Waals surface area contributed by atoms with Crippen LogP contribution >= 0.6 is 0 Å². The van der Waals surface area contributed by atoms with Gasteiger partial charge in [0.25, 0.3) is 0 Å². The molecule has 0 bridgehead atoms. The molecule has 0 aliphatic heterocycles. The minimum atomic E-state index is 0.0852. The van der Waals surface area contributed by atoms with Crippen molar-refractivity contribution >= 4 is 5.91 Å². The van der Waals surface area contributed by atoms with Gasteiger partial charge in [-0.1, -0.05) is 0 Å². The van der Waals surface area contributed by atoms with Crippen molar-refractivity contribution in [2.45, 2.75) is 39.8 Å². The van der Waals surface area contributed by atoms with Gasteiger partial charge in [-0.25, -0.2) is 0 Å². The van der Waals surface area contributed by atoms with Crippen LogP contribution in [0.4, 0.5) is 0 Å². The van der Waals surface area contributed by atoms with E-state index in [4.69, 9.17) is 0 Å². The first-order valence-corrected chi connectivity index (χ1v) is 5.98. The second kappa shape index (κ2) is 6.39. The maximum atomic E-state index is 11.1. The number of amides is 1. The van der Waals surface area contributed by atoms with Crippen molar-refractivity contribution in [3.05, 3.63) is 17.0 Å². The molecule has 0 aliphatic rings. The first-order chi connectivity index (χ1) is 8.10. The summed E-state index contributed by atoms with van der Waals surface area (Å²) < 4.78 is 1.99. The van der Waals surface area contributed by atoms with Crippen LogP contribution in [0.2, 0.25) is 0 Å². The van der Waals surface area contributed by atoms with E-state index < -0.39 is 0 Å². The van der Waals surface area contributed by atoms with Gasteiger partial charge in [-0.2, -0.15) is 5.10 Å². The summed E-state index contributed by atoms with van der Waals surface area (Å²) in [6, 6.07) is 0. The lowest BCUT2D eigenvalue weighted by Gasteiger charge is -2.05. The Hall–Kier alpha value is -1.36. The molecule has 0 aliphatic carbocycles. The minimum Gasteiger partial charge on any atom is -0.359 e. The quantitative estimate of drug-likeness (QED) is 0.768. The van der Waals surface area contributed by atoms with Gasteiger partial charge in [0.1, 0.15) is 0 Å². The third-order valence-corrected chi connectivity index (χ3v) is 2.94. The third kappa shape index (κ3) is 3.56. The summed E-state index contributed by atoms with van der Waals surface area (Å²) in [5, 5.41) is 10.3. The summed E-state index contributed by atoms with van der Waals surface area (Å²) >= 11 is 0. The molecule has 0 unspecified atom stereocenters. The van der Waals surface area contributed by atoms with Gasteiger partial charge in [0.15, 0.2) is 0 Å². The maximum Gasteiger partial charge on any atom is 0.219 e. The highest BCUT2D eigenvalue weighted by molar-refractivity contribution is 5.75. The Morgan fingerprint density at radius 3 is 2.65 bits per heavy atom. The van der Waals surface area contributed by atoms with Gasteiger partial charge in [0.05, 0.1) is 5.69 Å². The number of carbonyl (C=O) groups excluding carboxylic acids is 1. The van der Waals surface area contributed by atoms with Crippen LogP contribution in [0.1, 0.15) is 29.8 Å². The van der Waals surface area contributed by atoms with Crippen LogP contribution in [0.3, 0.4) is 0 Å². The van der Waals surface area contributed by atoms with E-state index in [1.54, 1.807) is 7.05 Å². The Bertz CT molecular complexity index is 384. The lowest BCUT2D eigenvalue weighted by molar-refractivity contribution is -0.120. The van der Waals surface area contributed by atoms with Gasteiger partial charge in [0.2, 0.25) is 5.91 Å². The van der Waals surface area contributed by atoms with Gasteiger partial charge in [-0.3, -0.25) is 9.48 Å². The van der Waals surface area contributed by atoms with Gasteiger partial charge in [-0.05, 0) is 27.3 Å². The maximum absolute atomic E-state index is 11.1. The van der Waals surface area contributed by atoms with Crippen molar-refractivity contribution in [3.63, 3.8) is 0 Å². The number of rotatable bonds is 6. The predicted octanol–water partition coefficient (Wildman–Crippen LogP) is 0.746. The zero-order valence-electron chi connectivity index (χ0n) is 11.1. The molecule has 1 amide bonds. The van der Waals surface area contributed by atoms with Crippen LogP contribution in [0.15, 0.2) is 0 Å². The van der Waals surface area contributed by atoms with Gasteiger partial charge < -0.3 is 10.6 Å². The van der Waals surface area contributed by atoms with Gasteiger partial charge in [-0.15, -0.1) is 0 Å². The van der Waals surface area contributed by atoms with E-state index in [0.717, 1.165) is 25.2 Å². The van der Waals surface area contributed by atoms with E-state index in [1.165, 1.54) is 11.3 Å². The van der Waals surface area contributed by atoms with Crippen LogP contribution in [0.25, 0.3) is 0 Å². The number of aryl methyl sites for hydroxylation is 2. The van der Waals surface area contributed by atoms with Crippen molar-refractivity contribution in [1.29, 1.82) is 0 Å². The van der Waals surface area contributed by atoms with Crippen molar-refractivity contribution in [2.75, 3.05) is 14.1 Å². The summed E-state index contributed by atoms with van der Waals surface area (Å²) in [5.74, 6) is 0.0852. The molecule has 0 atom stereocenters.